The molecule has 1 aromatic heterocycles. The number of thiazole rings is 1. The molecule has 1 heterocycles. The van der Waals surface area contributed by atoms with E-state index in [0.717, 1.165) is 5.56 Å². The summed E-state index contributed by atoms with van der Waals surface area (Å²) in [6, 6.07) is 8.40. The van der Waals surface area contributed by atoms with Gasteiger partial charge in [0.25, 0.3) is 5.91 Å². The van der Waals surface area contributed by atoms with Crippen LogP contribution in [0.2, 0.25) is 10.0 Å². The maximum Gasteiger partial charge on any atom is 0.257 e. The van der Waals surface area contributed by atoms with Crippen molar-refractivity contribution < 1.29 is 19.0 Å². The molecule has 1 N–H and O–H groups in total. The van der Waals surface area contributed by atoms with Crippen molar-refractivity contribution in [2.75, 3.05) is 26.6 Å². The summed E-state index contributed by atoms with van der Waals surface area (Å²) in [5.74, 6) is 1.26. The third-order valence-corrected chi connectivity index (χ3v) is 5.19. The second kappa shape index (κ2) is 8.68. The molecule has 28 heavy (non-hydrogen) atoms. The maximum absolute atomic E-state index is 12.5. The standard InChI is InChI=1S/C19H16Cl2N2O4S/c1-25-11-4-5-16(26-2)12(8-11)15-9-28-19(22-15)23-18(24)10-6-13(20)17(27-3)14(21)7-10/h4-9H,1-3H3,(H,22,23,24). The van der Waals surface area contributed by atoms with E-state index < -0.39 is 0 Å². The Labute approximate surface area is 176 Å². The summed E-state index contributed by atoms with van der Waals surface area (Å²) in [5.41, 5.74) is 1.71. The Morgan fingerprint density at radius 2 is 1.75 bits per heavy atom. The van der Waals surface area contributed by atoms with Crippen LogP contribution in [0.1, 0.15) is 10.4 Å². The van der Waals surface area contributed by atoms with Crippen LogP contribution < -0.4 is 19.5 Å². The summed E-state index contributed by atoms with van der Waals surface area (Å²) >= 11 is 13.5. The molecular formula is C19H16Cl2N2O4S. The molecule has 0 unspecified atom stereocenters. The molecule has 0 fully saturated rings. The van der Waals surface area contributed by atoms with Crippen LogP contribution in [-0.4, -0.2) is 32.2 Å². The average Bonchev–Trinajstić information content (AvgIpc) is 3.15. The first-order valence-electron chi connectivity index (χ1n) is 7.99. The van der Waals surface area contributed by atoms with Gasteiger partial charge in [0.2, 0.25) is 0 Å². The number of aromatic nitrogens is 1. The van der Waals surface area contributed by atoms with E-state index in [9.17, 15) is 4.79 Å². The molecule has 0 aliphatic rings. The Hall–Kier alpha value is -2.48. The van der Waals surface area contributed by atoms with Gasteiger partial charge in [-0.25, -0.2) is 4.98 Å². The number of benzene rings is 2. The highest BCUT2D eigenvalue weighted by atomic mass is 35.5. The number of hydrogen-bond donors (Lipinski definition) is 1. The Kier molecular flexibility index (Phi) is 6.28. The van der Waals surface area contributed by atoms with Crippen molar-refractivity contribution in [2.45, 2.75) is 0 Å². The number of hydrogen-bond acceptors (Lipinski definition) is 6. The molecule has 9 heteroatoms. The quantitative estimate of drug-likeness (QED) is 0.558. The summed E-state index contributed by atoms with van der Waals surface area (Å²) in [6.45, 7) is 0. The normalized spacial score (nSPS) is 10.5. The Balaban J connectivity index is 1.85. The SMILES string of the molecule is COc1ccc(OC)c(-c2csc(NC(=O)c3cc(Cl)c(OC)c(Cl)c3)n2)c1. The van der Waals surface area contributed by atoms with E-state index in [2.05, 4.69) is 10.3 Å². The first-order valence-corrected chi connectivity index (χ1v) is 9.62. The van der Waals surface area contributed by atoms with Gasteiger partial charge in [-0.05, 0) is 30.3 Å². The van der Waals surface area contributed by atoms with Gasteiger partial charge in [0.15, 0.2) is 10.9 Å². The van der Waals surface area contributed by atoms with Crippen molar-refractivity contribution in [1.29, 1.82) is 0 Å². The number of anilines is 1. The number of carbonyl (C=O) groups excluding carboxylic acids is 1. The fraction of sp³-hybridized carbons (Fsp3) is 0.158. The van der Waals surface area contributed by atoms with Crippen molar-refractivity contribution in [3.8, 4) is 28.5 Å². The van der Waals surface area contributed by atoms with E-state index in [-0.39, 0.29) is 16.0 Å². The summed E-state index contributed by atoms with van der Waals surface area (Å²) in [7, 11) is 4.62. The molecule has 0 spiro atoms. The molecule has 3 aromatic rings. The van der Waals surface area contributed by atoms with Gasteiger partial charge in [-0.2, -0.15) is 0 Å². The number of carbonyl (C=O) groups is 1. The highest BCUT2D eigenvalue weighted by Crippen LogP contribution is 2.36. The van der Waals surface area contributed by atoms with Crippen LogP contribution in [0.4, 0.5) is 5.13 Å². The Bertz CT molecular complexity index is 1000. The van der Waals surface area contributed by atoms with E-state index >= 15 is 0 Å². The van der Waals surface area contributed by atoms with Gasteiger partial charge < -0.3 is 14.2 Å². The van der Waals surface area contributed by atoms with Gasteiger partial charge >= 0.3 is 0 Å². The van der Waals surface area contributed by atoms with Gasteiger partial charge in [-0.15, -0.1) is 11.3 Å². The number of halogens is 2. The zero-order chi connectivity index (χ0) is 20.3. The fourth-order valence-electron chi connectivity index (χ4n) is 2.52. The van der Waals surface area contributed by atoms with Crippen molar-refractivity contribution >= 4 is 45.6 Å². The molecule has 1 amide bonds. The molecule has 3 rings (SSSR count). The van der Waals surface area contributed by atoms with Crippen molar-refractivity contribution in [3.05, 3.63) is 51.3 Å². The number of ether oxygens (including phenoxy) is 3. The predicted molar refractivity (Wildman–Crippen MR) is 112 cm³/mol. The van der Waals surface area contributed by atoms with Gasteiger partial charge in [-0.3, -0.25) is 10.1 Å². The minimum atomic E-state index is -0.384. The van der Waals surface area contributed by atoms with Crippen LogP contribution in [-0.2, 0) is 0 Å². The minimum Gasteiger partial charge on any atom is -0.497 e. The molecular weight excluding hydrogens is 423 g/mol. The van der Waals surface area contributed by atoms with Gasteiger partial charge in [0.1, 0.15) is 11.5 Å². The Morgan fingerprint density at radius 1 is 1.04 bits per heavy atom. The van der Waals surface area contributed by atoms with Gasteiger partial charge in [0, 0.05) is 16.5 Å². The van der Waals surface area contributed by atoms with E-state index in [1.807, 2.05) is 11.4 Å². The lowest BCUT2D eigenvalue weighted by Gasteiger charge is -2.09. The summed E-state index contributed by atoms with van der Waals surface area (Å²) in [4.78, 5) is 17.0. The lowest BCUT2D eigenvalue weighted by molar-refractivity contribution is 0.102. The molecule has 0 radical (unpaired) electrons. The van der Waals surface area contributed by atoms with E-state index in [1.54, 1.807) is 26.4 Å². The zero-order valence-electron chi connectivity index (χ0n) is 15.2. The number of rotatable bonds is 6. The zero-order valence-corrected chi connectivity index (χ0v) is 17.5. The van der Waals surface area contributed by atoms with Gasteiger partial charge in [0.05, 0.1) is 37.1 Å². The molecule has 0 saturated carbocycles. The van der Waals surface area contributed by atoms with Crippen molar-refractivity contribution in [2.24, 2.45) is 0 Å². The second-order valence-electron chi connectivity index (χ2n) is 5.53. The third kappa shape index (κ3) is 4.16. The first-order chi connectivity index (χ1) is 13.5. The minimum absolute atomic E-state index is 0.251. The number of amides is 1. The van der Waals surface area contributed by atoms with E-state index in [4.69, 9.17) is 37.4 Å². The van der Waals surface area contributed by atoms with E-state index in [1.165, 1.54) is 30.6 Å². The molecule has 0 aliphatic heterocycles. The number of nitrogens with zero attached hydrogens (tertiary/aromatic N) is 1. The predicted octanol–water partition coefficient (Wildman–Crippen LogP) is 5.40. The highest BCUT2D eigenvalue weighted by molar-refractivity contribution is 7.14. The second-order valence-corrected chi connectivity index (χ2v) is 7.20. The monoisotopic (exact) mass is 438 g/mol. The summed E-state index contributed by atoms with van der Waals surface area (Å²) in [5, 5.41) is 5.49. The summed E-state index contributed by atoms with van der Waals surface area (Å²) in [6.07, 6.45) is 0. The van der Waals surface area contributed by atoms with Crippen molar-refractivity contribution in [1.82, 2.24) is 4.98 Å². The van der Waals surface area contributed by atoms with Crippen LogP contribution in [0.15, 0.2) is 35.7 Å². The van der Waals surface area contributed by atoms with Crippen LogP contribution in [0.25, 0.3) is 11.3 Å². The number of methoxy groups -OCH3 is 3. The van der Waals surface area contributed by atoms with Crippen LogP contribution >= 0.6 is 34.5 Å². The molecule has 0 aliphatic carbocycles. The van der Waals surface area contributed by atoms with Crippen LogP contribution in [0.3, 0.4) is 0 Å². The first kappa shape index (κ1) is 20.3. The molecule has 6 nitrogen and oxygen atoms in total. The van der Waals surface area contributed by atoms with Crippen molar-refractivity contribution in [3.63, 3.8) is 0 Å². The third-order valence-electron chi connectivity index (χ3n) is 3.87. The largest absolute Gasteiger partial charge is 0.497 e. The maximum atomic E-state index is 12.5. The molecule has 0 saturated heterocycles. The Morgan fingerprint density at radius 3 is 2.36 bits per heavy atom. The smallest absolute Gasteiger partial charge is 0.257 e. The average molecular weight is 439 g/mol. The molecule has 146 valence electrons. The lowest BCUT2D eigenvalue weighted by atomic mass is 10.1. The highest BCUT2D eigenvalue weighted by Gasteiger charge is 2.16. The lowest BCUT2D eigenvalue weighted by Crippen LogP contribution is -2.12. The van der Waals surface area contributed by atoms with Gasteiger partial charge in [-0.1, -0.05) is 23.2 Å². The van der Waals surface area contributed by atoms with Crippen LogP contribution in [0, 0.1) is 0 Å². The fourth-order valence-corrected chi connectivity index (χ4v) is 3.87. The van der Waals surface area contributed by atoms with E-state index in [0.29, 0.717) is 33.6 Å². The number of nitrogens with one attached hydrogen (secondary N) is 1. The molecule has 2 aromatic carbocycles. The molecule has 0 bridgehead atoms. The molecule has 0 atom stereocenters. The summed E-state index contributed by atoms with van der Waals surface area (Å²) < 4.78 is 15.7. The van der Waals surface area contributed by atoms with Crippen LogP contribution in [0.5, 0.6) is 17.2 Å². The topological polar surface area (TPSA) is 69.7 Å².